The molecule has 1 aliphatic rings. The van der Waals surface area contributed by atoms with Gasteiger partial charge >= 0.3 is 0 Å². The zero-order valence-electron chi connectivity index (χ0n) is 12.0. The van der Waals surface area contributed by atoms with Crippen molar-refractivity contribution in [3.05, 3.63) is 35.9 Å². The molecule has 2 nitrogen and oxygen atoms in total. The second kappa shape index (κ2) is 7.71. The van der Waals surface area contributed by atoms with Crippen molar-refractivity contribution in [3.8, 4) is 6.07 Å². The Kier molecular flexibility index (Phi) is 5.94. The zero-order valence-corrected chi connectivity index (χ0v) is 12.9. The summed E-state index contributed by atoms with van der Waals surface area (Å²) >= 11 is 1.89. The van der Waals surface area contributed by atoms with E-state index in [-0.39, 0.29) is 12.5 Å². The summed E-state index contributed by atoms with van der Waals surface area (Å²) in [7, 11) is 0. The maximum absolute atomic E-state index is 9.35. The van der Waals surface area contributed by atoms with E-state index in [4.69, 9.17) is 5.11 Å². The summed E-state index contributed by atoms with van der Waals surface area (Å²) in [6, 6.07) is 13.2. The second-order valence-corrected chi connectivity index (χ2v) is 7.34. The third-order valence-electron chi connectivity index (χ3n) is 4.17. The topological polar surface area (TPSA) is 44.0 Å². The molecular formula is C17H23NOS. The lowest BCUT2D eigenvalue weighted by atomic mass is 9.79. The minimum Gasteiger partial charge on any atom is -0.396 e. The highest BCUT2D eigenvalue weighted by Crippen LogP contribution is 2.42. The molecule has 1 saturated carbocycles. The predicted molar refractivity (Wildman–Crippen MR) is 84.7 cm³/mol. The fraction of sp³-hybridized carbons (Fsp3) is 0.588. The highest BCUT2D eigenvalue weighted by Gasteiger charge is 2.32. The first-order chi connectivity index (χ1) is 9.74. The third kappa shape index (κ3) is 4.01. The minimum absolute atomic E-state index is 0.168. The first-order valence-electron chi connectivity index (χ1n) is 7.45. The van der Waals surface area contributed by atoms with Gasteiger partial charge in [0.2, 0.25) is 0 Å². The van der Waals surface area contributed by atoms with Crippen LogP contribution in [0.15, 0.2) is 30.3 Å². The molecule has 4 atom stereocenters. The molecule has 0 aromatic heterocycles. The molecule has 1 aromatic rings. The van der Waals surface area contributed by atoms with E-state index in [1.165, 1.54) is 5.56 Å². The number of benzene rings is 1. The number of nitriles is 1. The molecule has 0 saturated heterocycles. The van der Waals surface area contributed by atoms with Gasteiger partial charge in [-0.15, -0.1) is 0 Å². The largest absolute Gasteiger partial charge is 0.396 e. The van der Waals surface area contributed by atoms with Crippen LogP contribution in [0.5, 0.6) is 0 Å². The zero-order chi connectivity index (χ0) is 14.4. The molecule has 1 aliphatic carbocycles. The van der Waals surface area contributed by atoms with Crippen LogP contribution in [0.1, 0.15) is 44.1 Å². The Labute approximate surface area is 126 Å². The van der Waals surface area contributed by atoms with Crippen molar-refractivity contribution in [3.63, 3.8) is 0 Å². The van der Waals surface area contributed by atoms with E-state index in [9.17, 15) is 5.26 Å². The van der Waals surface area contributed by atoms with Crippen LogP contribution >= 0.6 is 11.8 Å². The molecule has 1 aromatic carbocycles. The minimum atomic E-state index is 0.168. The Hall–Kier alpha value is -0.980. The smallest absolute Gasteiger partial charge is 0.0667 e. The Bertz CT molecular complexity index is 442. The maximum Gasteiger partial charge on any atom is 0.0667 e. The number of hydrogen-bond donors (Lipinski definition) is 1. The van der Waals surface area contributed by atoms with E-state index in [0.717, 1.165) is 25.7 Å². The van der Waals surface area contributed by atoms with E-state index in [1.54, 1.807) is 0 Å². The van der Waals surface area contributed by atoms with Gasteiger partial charge in [-0.05, 0) is 37.2 Å². The molecule has 0 aliphatic heterocycles. The van der Waals surface area contributed by atoms with E-state index in [0.29, 0.717) is 16.4 Å². The molecule has 4 unspecified atom stereocenters. The van der Waals surface area contributed by atoms with Crippen LogP contribution < -0.4 is 0 Å². The molecule has 0 spiro atoms. The maximum atomic E-state index is 9.35. The Morgan fingerprint density at radius 2 is 2.10 bits per heavy atom. The Morgan fingerprint density at radius 3 is 2.75 bits per heavy atom. The van der Waals surface area contributed by atoms with Gasteiger partial charge < -0.3 is 5.11 Å². The molecule has 0 amide bonds. The van der Waals surface area contributed by atoms with Crippen LogP contribution in [-0.2, 0) is 0 Å². The standard InChI is InChI=1S/C17H23NOS/c1-13(9-10-19)20-17-11-15(7-8-16(17)12-18)14-5-3-2-4-6-14/h2-6,13,15-17,19H,7-11H2,1H3. The van der Waals surface area contributed by atoms with Gasteiger partial charge in [-0.3, -0.25) is 0 Å². The Morgan fingerprint density at radius 1 is 1.35 bits per heavy atom. The summed E-state index contributed by atoms with van der Waals surface area (Å²) in [5.41, 5.74) is 1.41. The summed E-state index contributed by atoms with van der Waals surface area (Å²) in [5, 5.41) is 19.2. The molecule has 3 heteroatoms. The van der Waals surface area contributed by atoms with E-state index in [1.807, 2.05) is 11.8 Å². The van der Waals surface area contributed by atoms with E-state index >= 15 is 0 Å². The summed E-state index contributed by atoms with van der Waals surface area (Å²) in [4.78, 5) is 0. The fourth-order valence-corrected chi connectivity index (χ4v) is 4.57. The van der Waals surface area contributed by atoms with Crippen LogP contribution in [0.25, 0.3) is 0 Å². The van der Waals surface area contributed by atoms with Gasteiger partial charge in [0.05, 0.1) is 12.0 Å². The first kappa shape index (κ1) is 15.4. The lowest BCUT2D eigenvalue weighted by Gasteiger charge is -2.34. The molecular weight excluding hydrogens is 266 g/mol. The molecule has 0 bridgehead atoms. The monoisotopic (exact) mass is 289 g/mol. The van der Waals surface area contributed by atoms with Crippen molar-refractivity contribution in [2.24, 2.45) is 5.92 Å². The SMILES string of the molecule is CC(CCO)SC1CC(c2ccccc2)CCC1C#N. The fourth-order valence-electron chi connectivity index (χ4n) is 3.00. The van der Waals surface area contributed by atoms with Gasteiger partial charge in [-0.25, -0.2) is 0 Å². The average Bonchev–Trinajstić information content (AvgIpc) is 2.48. The van der Waals surface area contributed by atoms with Gasteiger partial charge in [0.1, 0.15) is 0 Å². The summed E-state index contributed by atoms with van der Waals surface area (Å²) < 4.78 is 0. The van der Waals surface area contributed by atoms with E-state index in [2.05, 4.69) is 43.3 Å². The van der Waals surface area contributed by atoms with Crippen molar-refractivity contribution in [1.29, 1.82) is 5.26 Å². The molecule has 2 rings (SSSR count). The number of aliphatic hydroxyl groups is 1. The number of rotatable bonds is 5. The highest BCUT2D eigenvalue weighted by atomic mass is 32.2. The van der Waals surface area contributed by atoms with Crippen LogP contribution in [0.4, 0.5) is 0 Å². The molecule has 108 valence electrons. The van der Waals surface area contributed by atoms with Gasteiger partial charge in [0.15, 0.2) is 0 Å². The van der Waals surface area contributed by atoms with Gasteiger partial charge in [-0.1, -0.05) is 37.3 Å². The molecule has 0 radical (unpaired) electrons. The predicted octanol–water partition coefficient (Wildman–Crippen LogP) is 3.97. The number of nitrogens with zero attached hydrogens (tertiary/aromatic N) is 1. The first-order valence-corrected chi connectivity index (χ1v) is 8.39. The van der Waals surface area contributed by atoms with Gasteiger partial charge in [0, 0.05) is 17.1 Å². The Balaban J connectivity index is 2.02. The average molecular weight is 289 g/mol. The lowest BCUT2D eigenvalue weighted by Crippen LogP contribution is -2.27. The number of thioether (sulfide) groups is 1. The molecule has 1 fully saturated rings. The van der Waals surface area contributed by atoms with Crippen molar-refractivity contribution >= 4 is 11.8 Å². The normalized spacial score (nSPS) is 27.8. The molecule has 1 N–H and O–H groups in total. The lowest BCUT2D eigenvalue weighted by molar-refractivity contribution is 0.288. The molecule has 20 heavy (non-hydrogen) atoms. The highest BCUT2D eigenvalue weighted by molar-refractivity contribution is 8.00. The van der Waals surface area contributed by atoms with Crippen LogP contribution in [0, 0.1) is 17.2 Å². The summed E-state index contributed by atoms with van der Waals surface area (Å²) in [6.07, 6.45) is 4.02. The third-order valence-corrected chi connectivity index (χ3v) is 5.74. The summed E-state index contributed by atoms with van der Waals surface area (Å²) in [5.74, 6) is 0.751. The van der Waals surface area contributed by atoms with Crippen molar-refractivity contribution in [2.45, 2.75) is 49.0 Å². The van der Waals surface area contributed by atoms with Crippen LogP contribution in [0.2, 0.25) is 0 Å². The second-order valence-electron chi connectivity index (χ2n) is 5.65. The summed E-state index contributed by atoms with van der Waals surface area (Å²) in [6.45, 7) is 2.39. The number of aliphatic hydroxyl groups excluding tert-OH is 1. The quantitative estimate of drug-likeness (QED) is 0.892. The number of hydrogen-bond acceptors (Lipinski definition) is 3. The van der Waals surface area contributed by atoms with Crippen LogP contribution in [-0.4, -0.2) is 22.2 Å². The van der Waals surface area contributed by atoms with Gasteiger partial charge in [-0.2, -0.15) is 17.0 Å². The van der Waals surface area contributed by atoms with Crippen molar-refractivity contribution in [2.75, 3.05) is 6.61 Å². The van der Waals surface area contributed by atoms with Crippen molar-refractivity contribution < 1.29 is 5.11 Å². The molecule has 0 heterocycles. The van der Waals surface area contributed by atoms with Gasteiger partial charge in [0.25, 0.3) is 0 Å². The van der Waals surface area contributed by atoms with Crippen molar-refractivity contribution in [1.82, 2.24) is 0 Å². The van der Waals surface area contributed by atoms with E-state index < -0.39 is 0 Å². The van der Waals surface area contributed by atoms with Crippen LogP contribution in [0.3, 0.4) is 0 Å².